The molecular formula is C13H9S3+. The second-order valence-corrected chi connectivity index (χ2v) is 6.29. The molecule has 0 aliphatic carbocycles. The lowest BCUT2D eigenvalue weighted by Gasteiger charge is -1.87. The fourth-order valence-electron chi connectivity index (χ4n) is 1.51. The second-order valence-electron chi connectivity index (χ2n) is 3.31. The molecule has 0 unspecified atom stereocenters. The van der Waals surface area contributed by atoms with Gasteiger partial charge in [-0.1, -0.05) is 18.2 Å². The van der Waals surface area contributed by atoms with Crippen molar-refractivity contribution in [3.63, 3.8) is 0 Å². The molecule has 0 aliphatic rings. The van der Waals surface area contributed by atoms with Crippen LogP contribution < -0.4 is 0 Å². The summed E-state index contributed by atoms with van der Waals surface area (Å²) in [6, 6.07) is 15.1. The molecule has 0 saturated carbocycles. The van der Waals surface area contributed by atoms with Gasteiger partial charge in [0.2, 0.25) is 21.1 Å². The van der Waals surface area contributed by atoms with Crippen LogP contribution in [0.5, 0.6) is 0 Å². The third-order valence-corrected chi connectivity index (χ3v) is 5.46. The zero-order chi connectivity index (χ0) is 10.8. The standard InChI is InChI=1S/C13H9S3/c1-4-12(10-6-2-8-14-10)16-13(5-1)11-7-3-9-15-11/h1-9H/q+1. The van der Waals surface area contributed by atoms with Gasteiger partial charge in [-0.15, -0.1) is 22.7 Å². The summed E-state index contributed by atoms with van der Waals surface area (Å²) in [5, 5.41) is 4.25. The van der Waals surface area contributed by atoms with E-state index in [1.807, 2.05) is 11.3 Å². The largest absolute Gasteiger partial charge is 0.248 e. The van der Waals surface area contributed by atoms with E-state index in [1.54, 1.807) is 22.7 Å². The van der Waals surface area contributed by atoms with E-state index in [0.717, 1.165) is 0 Å². The highest BCUT2D eigenvalue weighted by atomic mass is 32.1. The van der Waals surface area contributed by atoms with Crippen LogP contribution >= 0.6 is 34.0 Å². The van der Waals surface area contributed by atoms with E-state index >= 15 is 0 Å². The molecule has 0 spiro atoms. The summed E-state index contributed by atoms with van der Waals surface area (Å²) in [5.41, 5.74) is 0. The summed E-state index contributed by atoms with van der Waals surface area (Å²) in [6.45, 7) is 0. The van der Waals surface area contributed by atoms with Gasteiger partial charge in [0, 0.05) is 12.1 Å². The van der Waals surface area contributed by atoms with Gasteiger partial charge >= 0.3 is 0 Å². The fourth-order valence-corrected chi connectivity index (χ4v) is 4.21. The highest BCUT2D eigenvalue weighted by Crippen LogP contribution is 2.35. The van der Waals surface area contributed by atoms with Gasteiger partial charge in [-0.05, 0) is 22.9 Å². The van der Waals surface area contributed by atoms with Crippen molar-refractivity contribution >= 4 is 34.0 Å². The van der Waals surface area contributed by atoms with Gasteiger partial charge in [0.15, 0.2) is 0 Å². The minimum absolute atomic E-state index is 1.35. The lowest BCUT2D eigenvalue weighted by atomic mass is 10.3. The summed E-state index contributed by atoms with van der Waals surface area (Å²) in [7, 11) is 0. The van der Waals surface area contributed by atoms with Crippen LogP contribution in [0.1, 0.15) is 0 Å². The molecule has 0 radical (unpaired) electrons. The van der Waals surface area contributed by atoms with E-state index in [0.29, 0.717) is 0 Å². The number of thiophene rings is 2. The molecule has 3 aromatic rings. The van der Waals surface area contributed by atoms with Crippen molar-refractivity contribution in [1.82, 2.24) is 0 Å². The van der Waals surface area contributed by atoms with E-state index < -0.39 is 0 Å². The van der Waals surface area contributed by atoms with Crippen molar-refractivity contribution in [2.24, 2.45) is 0 Å². The first-order valence-electron chi connectivity index (χ1n) is 4.94. The molecule has 0 atom stereocenters. The third-order valence-electron chi connectivity index (χ3n) is 2.24. The molecular weight excluding hydrogens is 252 g/mol. The zero-order valence-electron chi connectivity index (χ0n) is 8.42. The van der Waals surface area contributed by atoms with Crippen LogP contribution in [0.25, 0.3) is 19.5 Å². The number of hydrogen-bond donors (Lipinski definition) is 0. The van der Waals surface area contributed by atoms with Gasteiger partial charge in [-0.25, -0.2) is 0 Å². The van der Waals surface area contributed by atoms with Crippen LogP contribution in [-0.4, -0.2) is 0 Å². The lowest BCUT2D eigenvalue weighted by molar-refractivity contribution is 1.83. The highest BCUT2D eigenvalue weighted by molar-refractivity contribution is 7.25. The maximum atomic E-state index is 2.19. The SMILES string of the molecule is c1csc(-c2cccc(-c3cccs3)[s+]2)c1. The molecule has 0 N–H and O–H groups in total. The van der Waals surface area contributed by atoms with Gasteiger partial charge in [0.1, 0.15) is 0 Å². The Bertz CT molecular complexity index is 516. The average Bonchev–Trinajstić information content (AvgIpc) is 3.03. The topological polar surface area (TPSA) is 0 Å². The normalized spacial score (nSPS) is 10.5. The monoisotopic (exact) mass is 261 g/mol. The third kappa shape index (κ3) is 1.94. The van der Waals surface area contributed by atoms with E-state index in [9.17, 15) is 0 Å². The van der Waals surface area contributed by atoms with Crippen LogP contribution in [0.2, 0.25) is 0 Å². The zero-order valence-corrected chi connectivity index (χ0v) is 10.9. The Morgan fingerprint density at radius 2 is 1.25 bits per heavy atom. The fraction of sp³-hybridized carbons (Fsp3) is 0. The summed E-state index contributed by atoms with van der Waals surface area (Å²) in [5.74, 6) is 0. The van der Waals surface area contributed by atoms with Crippen molar-refractivity contribution in [2.75, 3.05) is 0 Å². The van der Waals surface area contributed by atoms with Gasteiger partial charge in [-0.2, -0.15) is 0 Å². The highest BCUT2D eigenvalue weighted by Gasteiger charge is 2.16. The van der Waals surface area contributed by atoms with Crippen LogP contribution in [0.4, 0.5) is 0 Å². The number of rotatable bonds is 2. The Hall–Kier alpha value is -1.03. The molecule has 3 aromatic heterocycles. The van der Waals surface area contributed by atoms with Crippen LogP contribution in [-0.2, 0) is 0 Å². The van der Waals surface area contributed by atoms with Gasteiger partial charge in [0.25, 0.3) is 0 Å². The predicted molar refractivity (Wildman–Crippen MR) is 75.4 cm³/mol. The summed E-state index contributed by atoms with van der Waals surface area (Å²) >= 11 is 5.45. The van der Waals surface area contributed by atoms with E-state index in [1.165, 1.54) is 19.5 Å². The molecule has 3 heterocycles. The number of hydrogen-bond acceptors (Lipinski definition) is 2. The molecule has 3 heteroatoms. The molecule has 0 aliphatic heterocycles. The van der Waals surface area contributed by atoms with Gasteiger partial charge in [-0.3, -0.25) is 0 Å². The smallest absolute Gasteiger partial charge is 0.139 e. The molecule has 0 saturated heterocycles. The summed E-state index contributed by atoms with van der Waals surface area (Å²) < 4.78 is 0. The Morgan fingerprint density at radius 3 is 1.69 bits per heavy atom. The molecule has 78 valence electrons. The van der Waals surface area contributed by atoms with E-state index in [4.69, 9.17) is 0 Å². The molecule has 0 amide bonds. The van der Waals surface area contributed by atoms with Crippen molar-refractivity contribution in [3.8, 4) is 19.5 Å². The minimum atomic E-state index is 1.35. The lowest BCUT2D eigenvalue weighted by Crippen LogP contribution is -1.70. The van der Waals surface area contributed by atoms with Crippen molar-refractivity contribution < 1.29 is 0 Å². The quantitative estimate of drug-likeness (QED) is 0.535. The first-order valence-corrected chi connectivity index (χ1v) is 7.52. The van der Waals surface area contributed by atoms with Crippen LogP contribution in [0.3, 0.4) is 0 Å². The molecule has 3 rings (SSSR count). The second kappa shape index (κ2) is 4.45. The van der Waals surface area contributed by atoms with Gasteiger partial charge < -0.3 is 0 Å². The molecule has 0 bridgehead atoms. The average molecular weight is 261 g/mol. The Labute approximate surface area is 106 Å². The van der Waals surface area contributed by atoms with E-state index in [-0.39, 0.29) is 0 Å². The van der Waals surface area contributed by atoms with E-state index in [2.05, 4.69) is 53.2 Å². The van der Waals surface area contributed by atoms with Crippen molar-refractivity contribution in [3.05, 3.63) is 53.2 Å². The van der Waals surface area contributed by atoms with Crippen LogP contribution in [0, 0.1) is 0 Å². The summed E-state index contributed by atoms with van der Waals surface area (Å²) in [6.07, 6.45) is 0. The molecule has 0 fully saturated rings. The Balaban J connectivity index is 2.07. The van der Waals surface area contributed by atoms with Crippen molar-refractivity contribution in [2.45, 2.75) is 0 Å². The molecule has 16 heavy (non-hydrogen) atoms. The maximum absolute atomic E-state index is 2.19. The Morgan fingerprint density at radius 1 is 0.688 bits per heavy atom. The first kappa shape index (κ1) is 10.1. The maximum Gasteiger partial charge on any atom is 0.248 e. The molecule has 0 nitrogen and oxygen atoms in total. The Kier molecular flexibility index (Phi) is 2.82. The summed E-state index contributed by atoms with van der Waals surface area (Å²) in [4.78, 5) is 5.40. The van der Waals surface area contributed by atoms with Crippen LogP contribution in [0.15, 0.2) is 53.2 Å². The molecule has 0 aromatic carbocycles. The predicted octanol–water partition coefficient (Wildman–Crippen LogP) is 5.49. The first-order chi connectivity index (χ1) is 7.93. The van der Waals surface area contributed by atoms with Crippen molar-refractivity contribution in [1.29, 1.82) is 0 Å². The minimum Gasteiger partial charge on any atom is -0.139 e. The van der Waals surface area contributed by atoms with Gasteiger partial charge in [0.05, 0.1) is 9.75 Å².